The fraction of sp³-hybridized carbons (Fsp3) is 0.556. The highest BCUT2D eigenvalue weighted by atomic mass is 35.5. The number of nitrogens with zero attached hydrogens (tertiary/aromatic N) is 3. The van der Waals surface area contributed by atoms with Gasteiger partial charge in [0, 0.05) is 6.54 Å². The molecule has 8 heteroatoms. The molecule has 17 heavy (non-hydrogen) atoms. The Balaban J connectivity index is 3.01. The van der Waals surface area contributed by atoms with Gasteiger partial charge in [0.1, 0.15) is 18.6 Å². The van der Waals surface area contributed by atoms with Gasteiger partial charge in [-0.25, -0.2) is 9.97 Å². The van der Waals surface area contributed by atoms with Gasteiger partial charge >= 0.3 is 6.18 Å². The lowest BCUT2D eigenvalue weighted by molar-refractivity contribution is -0.119. The number of rotatable bonds is 4. The zero-order valence-corrected chi connectivity index (χ0v) is 9.89. The van der Waals surface area contributed by atoms with Crippen LogP contribution in [0, 0.1) is 0 Å². The van der Waals surface area contributed by atoms with Crippen LogP contribution >= 0.6 is 11.6 Å². The van der Waals surface area contributed by atoms with Gasteiger partial charge < -0.3 is 10.6 Å². The Morgan fingerprint density at radius 2 is 2.06 bits per heavy atom. The summed E-state index contributed by atoms with van der Waals surface area (Å²) in [5.41, 5.74) is 5.53. The molecule has 0 saturated carbocycles. The lowest BCUT2D eigenvalue weighted by atomic mass is 10.3. The van der Waals surface area contributed by atoms with Crippen LogP contribution in [0.3, 0.4) is 0 Å². The van der Waals surface area contributed by atoms with Crippen LogP contribution in [0.25, 0.3) is 0 Å². The summed E-state index contributed by atoms with van der Waals surface area (Å²) in [6.45, 7) is 0.845. The molecule has 0 atom stereocenters. The minimum Gasteiger partial charge on any atom is -0.393 e. The van der Waals surface area contributed by atoms with Crippen LogP contribution in [0.1, 0.15) is 13.3 Å². The normalized spacial score (nSPS) is 11.6. The minimum atomic E-state index is -4.32. The molecule has 0 aliphatic heterocycles. The number of hydrogen-bond acceptors (Lipinski definition) is 4. The zero-order valence-electron chi connectivity index (χ0n) is 9.13. The molecule has 0 aliphatic rings. The standard InChI is InChI=1S/C9H12ClF3N4/c1-2-3-17(4-9(11,12)13)8-6(14)7(10)15-5-16-8/h5H,2-4,14H2,1H3. The van der Waals surface area contributed by atoms with Crippen LogP contribution in [-0.4, -0.2) is 29.2 Å². The van der Waals surface area contributed by atoms with Crippen molar-refractivity contribution in [2.24, 2.45) is 0 Å². The van der Waals surface area contributed by atoms with E-state index >= 15 is 0 Å². The van der Waals surface area contributed by atoms with Crippen molar-refractivity contribution in [1.29, 1.82) is 0 Å². The van der Waals surface area contributed by atoms with Crippen molar-refractivity contribution in [3.05, 3.63) is 11.5 Å². The summed E-state index contributed by atoms with van der Waals surface area (Å²) >= 11 is 5.65. The molecule has 0 aliphatic carbocycles. The first-order chi connectivity index (χ1) is 7.85. The number of nitrogens with two attached hydrogens (primary N) is 1. The van der Waals surface area contributed by atoms with E-state index in [4.69, 9.17) is 17.3 Å². The summed E-state index contributed by atoms with van der Waals surface area (Å²) in [6, 6.07) is 0. The van der Waals surface area contributed by atoms with Crippen LogP contribution < -0.4 is 10.6 Å². The van der Waals surface area contributed by atoms with Crippen LogP contribution in [-0.2, 0) is 0 Å². The molecule has 0 spiro atoms. The second-order valence-corrected chi connectivity index (χ2v) is 3.80. The van der Waals surface area contributed by atoms with Crippen LogP contribution in [0.5, 0.6) is 0 Å². The van der Waals surface area contributed by atoms with Gasteiger partial charge in [0.15, 0.2) is 11.0 Å². The number of aromatic nitrogens is 2. The van der Waals surface area contributed by atoms with Gasteiger partial charge in [0.2, 0.25) is 0 Å². The molecule has 1 aromatic heterocycles. The monoisotopic (exact) mass is 268 g/mol. The average Bonchev–Trinajstić information content (AvgIpc) is 2.19. The number of nitrogen functional groups attached to an aromatic ring is 1. The first kappa shape index (κ1) is 13.8. The molecule has 4 nitrogen and oxygen atoms in total. The molecule has 0 aromatic carbocycles. The van der Waals surface area contributed by atoms with E-state index in [1.165, 1.54) is 0 Å². The molecule has 0 saturated heterocycles. The van der Waals surface area contributed by atoms with Gasteiger partial charge in [-0.05, 0) is 6.42 Å². The Bertz CT molecular complexity index is 383. The quantitative estimate of drug-likeness (QED) is 0.853. The Hall–Kier alpha value is -1.24. The van der Waals surface area contributed by atoms with Crippen LogP contribution in [0.2, 0.25) is 5.15 Å². The molecule has 0 bridgehead atoms. The van der Waals surface area contributed by atoms with E-state index in [1.807, 2.05) is 0 Å². The fourth-order valence-electron chi connectivity index (χ4n) is 1.36. The summed E-state index contributed by atoms with van der Waals surface area (Å²) in [5, 5.41) is -0.0433. The maximum atomic E-state index is 12.4. The predicted molar refractivity (Wildman–Crippen MR) is 60.0 cm³/mol. The molecule has 0 radical (unpaired) electrons. The molecular weight excluding hydrogens is 257 g/mol. The molecular formula is C9H12ClF3N4. The Morgan fingerprint density at radius 3 is 2.59 bits per heavy atom. The molecule has 1 aromatic rings. The van der Waals surface area contributed by atoms with E-state index in [0.29, 0.717) is 6.42 Å². The van der Waals surface area contributed by atoms with Crippen molar-refractivity contribution in [2.45, 2.75) is 19.5 Å². The minimum absolute atomic E-state index is 0.0178. The summed E-state index contributed by atoms with van der Waals surface area (Å²) in [4.78, 5) is 8.39. The highest BCUT2D eigenvalue weighted by Crippen LogP contribution is 2.28. The average molecular weight is 269 g/mol. The van der Waals surface area contributed by atoms with Crippen molar-refractivity contribution >= 4 is 23.1 Å². The molecule has 0 fully saturated rings. The summed E-state index contributed by atoms with van der Waals surface area (Å²) in [6.07, 6.45) is -2.69. The van der Waals surface area contributed by atoms with Crippen LogP contribution in [0.15, 0.2) is 6.33 Å². The van der Waals surface area contributed by atoms with Crippen molar-refractivity contribution in [3.8, 4) is 0 Å². The first-order valence-corrected chi connectivity index (χ1v) is 5.30. The van der Waals surface area contributed by atoms with E-state index in [0.717, 1.165) is 11.2 Å². The first-order valence-electron chi connectivity index (χ1n) is 4.92. The SMILES string of the molecule is CCCN(CC(F)(F)F)c1ncnc(Cl)c1N. The van der Waals surface area contributed by atoms with E-state index < -0.39 is 12.7 Å². The molecule has 0 unspecified atom stereocenters. The van der Waals surface area contributed by atoms with Gasteiger partial charge in [-0.3, -0.25) is 0 Å². The number of alkyl halides is 3. The topological polar surface area (TPSA) is 55.0 Å². The van der Waals surface area contributed by atoms with Gasteiger partial charge in [0.25, 0.3) is 0 Å². The van der Waals surface area contributed by atoms with E-state index in [1.54, 1.807) is 6.92 Å². The lowest BCUT2D eigenvalue weighted by Gasteiger charge is -2.25. The van der Waals surface area contributed by atoms with E-state index in [9.17, 15) is 13.2 Å². The Kier molecular flexibility index (Phi) is 4.39. The third-order valence-electron chi connectivity index (χ3n) is 1.98. The van der Waals surface area contributed by atoms with Crippen molar-refractivity contribution in [3.63, 3.8) is 0 Å². The number of hydrogen-bond donors (Lipinski definition) is 1. The maximum absolute atomic E-state index is 12.4. The van der Waals surface area contributed by atoms with Crippen molar-refractivity contribution in [1.82, 2.24) is 9.97 Å². The van der Waals surface area contributed by atoms with Gasteiger partial charge in [-0.15, -0.1) is 0 Å². The zero-order chi connectivity index (χ0) is 13.1. The predicted octanol–water partition coefficient (Wildman–Crippen LogP) is 2.49. The van der Waals surface area contributed by atoms with Crippen molar-refractivity contribution < 1.29 is 13.2 Å². The smallest absolute Gasteiger partial charge is 0.393 e. The van der Waals surface area contributed by atoms with Gasteiger partial charge in [0.05, 0.1) is 0 Å². The molecule has 2 N–H and O–H groups in total. The van der Waals surface area contributed by atoms with E-state index in [2.05, 4.69) is 9.97 Å². The highest BCUT2D eigenvalue weighted by molar-refractivity contribution is 6.32. The summed E-state index contributed by atoms with van der Waals surface area (Å²) in [5.74, 6) is 0.0178. The van der Waals surface area contributed by atoms with E-state index in [-0.39, 0.29) is 23.2 Å². The largest absolute Gasteiger partial charge is 0.405 e. The second kappa shape index (κ2) is 5.39. The molecule has 1 heterocycles. The second-order valence-electron chi connectivity index (χ2n) is 3.44. The Labute approximate surface area is 102 Å². The lowest BCUT2D eigenvalue weighted by Crippen LogP contribution is -2.36. The Morgan fingerprint density at radius 1 is 1.41 bits per heavy atom. The highest BCUT2D eigenvalue weighted by Gasteiger charge is 2.32. The third-order valence-corrected chi connectivity index (χ3v) is 2.28. The summed E-state index contributed by atoms with van der Waals surface area (Å²) < 4.78 is 37.2. The number of anilines is 2. The third kappa shape index (κ3) is 3.92. The maximum Gasteiger partial charge on any atom is 0.405 e. The van der Waals surface area contributed by atoms with Gasteiger partial charge in [-0.1, -0.05) is 18.5 Å². The fourth-order valence-corrected chi connectivity index (χ4v) is 1.49. The number of halogens is 4. The van der Waals surface area contributed by atoms with Crippen molar-refractivity contribution in [2.75, 3.05) is 23.7 Å². The molecule has 96 valence electrons. The molecule has 1 rings (SSSR count). The van der Waals surface area contributed by atoms with Crippen LogP contribution in [0.4, 0.5) is 24.7 Å². The summed E-state index contributed by atoms with van der Waals surface area (Å²) in [7, 11) is 0. The molecule has 0 amide bonds. The van der Waals surface area contributed by atoms with Gasteiger partial charge in [-0.2, -0.15) is 13.2 Å².